The maximum atomic E-state index is 13.7. The number of non-ortho nitro benzene ring substituents is 2. The summed E-state index contributed by atoms with van der Waals surface area (Å²) in [6, 6.07) is 9.84. The van der Waals surface area contributed by atoms with E-state index in [1.165, 1.54) is 48.5 Å². The molecule has 0 unspecified atom stereocenters. The van der Waals surface area contributed by atoms with Crippen molar-refractivity contribution in [3.63, 3.8) is 0 Å². The lowest BCUT2D eigenvalue weighted by Gasteiger charge is -2.25. The topological polar surface area (TPSA) is 148 Å². The minimum atomic E-state index is -4.04. The van der Waals surface area contributed by atoms with Crippen molar-refractivity contribution in [1.29, 1.82) is 0 Å². The molecule has 11 nitrogen and oxygen atoms in total. The molecule has 12 heteroatoms. The molecule has 1 saturated carbocycles. The zero-order chi connectivity index (χ0) is 24.7. The van der Waals surface area contributed by atoms with Crippen molar-refractivity contribution in [3.05, 3.63) is 68.8 Å². The summed E-state index contributed by atoms with van der Waals surface area (Å²) in [6.45, 7) is 1.55. The Hall–Kier alpha value is -3.46. The highest BCUT2D eigenvalue weighted by molar-refractivity contribution is 7.54. The highest BCUT2D eigenvalue weighted by atomic mass is 31.2. The van der Waals surface area contributed by atoms with Gasteiger partial charge in [-0.3, -0.25) is 25.0 Å². The highest BCUT2D eigenvalue weighted by Gasteiger charge is 2.35. The maximum absolute atomic E-state index is 13.7. The molecule has 1 fully saturated rings. The SMILES string of the molecule is C[C@H](CP(=O)(Oc1ccc([N+](=O)[O-])cc1)Oc1ccc([N+](=O)[O-])cc1)C(=O)OC1CCCCC1. The molecule has 182 valence electrons. The number of ether oxygens (including phenoxy) is 1. The van der Waals surface area contributed by atoms with Gasteiger partial charge in [0.1, 0.15) is 17.6 Å². The van der Waals surface area contributed by atoms with Crippen LogP contribution in [0.2, 0.25) is 0 Å². The first-order valence-corrected chi connectivity index (χ1v) is 12.6. The molecule has 34 heavy (non-hydrogen) atoms. The lowest BCUT2D eigenvalue weighted by Crippen LogP contribution is -2.27. The van der Waals surface area contributed by atoms with Gasteiger partial charge in [-0.2, -0.15) is 0 Å². The fourth-order valence-electron chi connectivity index (χ4n) is 3.55. The van der Waals surface area contributed by atoms with E-state index >= 15 is 0 Å². The Bertz CT molecular complexity index is 1000. The first kappa shape index (κ1) is 25.2. The van der Waals surface area contributed by atoms with Crippen LogP contribution in [0.5, 0.6) is 11.5 Å². The first-order chi connectivity index (χ1) is 16.1. The van der Waals surface area contributed by atoms with Gasteiger partial charge >= 0.3 is 13.6 Å². The molecule has 1 aliphatic rings. The minimum absolute atomic E-state index is 0.0451. The van der Waals surface area contributed by atoms with Gasteiger partial charge in [0.25, 0.3) is 11.4 Å². The lowest BCUT2D eigenvalue weighted by atomic mass is 9.98. The van der Waals surface area contributed by atoms with Gasteiger partial charge in [0, 0.05) is 24.3 Å². The summed E-state index contributed by atoms with van der Waals surface area (Å²) in [4.78, 5) is 33.2. The fraction of sp³-hybridized carbons (Fsp3) is 0.409. The summed E-state index contributed by atoms with van der Waals surface area (Å²) in [6.07, 6.45) is 4.14. The van der Waals surface area contributed by atoms with Crippen LogP contribution >= 0.6 is 7.60 Å². The third-order valence-corrected chi connectivity index (χ3v) is 7.29. The number of nitrogens with zero attached hydrogens (tertiary/aromatic N) is 2. The number of carbonyl (C=O) groups excluding carboxylic acids is 1. The van der Waals surface area contributed by atoms with E-state index in [2.05, 4.69) is 0 Å². The molecular weight excluding hydrogens is 467 g/mol. The van der Waals surface area contributed by atoms with Gasteiger partial charge < -0.3 is 13.8 Å². The summed E-state index contributed by atoms with van der Waals surface area (Å²) < 4.78 is 30.4. The average Bonchev–Trinajstić information content (AvgIpc) is 2.80. The minimum Gasteiger partial charge on any atom is -0.462 e. The largest absolute Gasteiger partial charge is 0.462 e. The van der Waals surface area contributed by atoms with Crippen LogP contribution in [0.1, 0.15) is 39.0 Å². The number of hydrogen-bond acceptors (Lipinski definition) is 9. The normalized spacial score (nSPS) is 15.2. The molecule has 0 radical (unpaired) electrons. The Morgan fingerprint density at radius 2 is 1.35 bits per heavy atom. The predicted molar refractivity (Wildman–Crippen MR) is 122 cm³/mol. The molecule has 0 amide bonds. The zero-order valence-corrected chi connectivity index (χ0v) is 19.4. The van der Waals surface area contributed by atoms with Crippen LogP contribution in [0.4, 0.5) is 11.4 Å². The van der Waals surface area contributed by atoms with Crippen LogP contribution in [0.15, 0.2) is 48.5 Å². The van der Waals surface area contributed by atoms with Gasteiger partial charge in [-0.05, 0) is 49.9 Å². The van der Waals surface area contributed by atoms with Gasteiger partial charge in [-0.25, -0.2) is 4.57 Å². The molecule has 0 aliphatic heterocycles. The van der Waals surface area contributed by atoms with Crippen LogP contribution in [0.3, 0.4) is 0 Å². The Labute approximate surface area is 195 Å². The average molecular weight is 492 g/mol. The van der Waals surface area contributed by atoms with Crippen molar-refractivity contribution in [2.75, 3.05) is 6.16 Å². The predicted octanol–water partition coefficient (Wildman–Crippen LogP) is 5.67. The molecule has 0 N–H and O–H groups in total. The lowest BCUT2D eigenvalue weighted by molar-refractivity contribution is -0.385. The fourth-order valence-corrected chi connectivity index (χ4v) is 5.44. The van der Waals surface area contributed by atoms with Crippen molar-refractivity contribution < 1.29 is 33.0 Å². The monoisotopic (exact) mass is 492 g/mol. The van der Waals surface area contributed by atoms with Gasteiger partial charge in [0.2, 0.25) is 0 Å². The van der Waals surface area contributed by atoms with Gasteiger partial charge in [-0.1, -0.05) is 13.3 Å². The second-order valence-corrected chi connectivity index (χ2v) is 10.0. The molecule has 1 aliphatic carbocycles. The summed E-state index contributed by atoms with van der Waals surface area (Å²) in [5.74, 6) is -1.26. The molecule has 0 aromatic heterocycles. The Kier molecular flexibility index (Phi) is 8.22. The molecule has 0 heterocycles. The second-order valence-electron chi connectivity index (χ2n) is 8.08. The first-order valence-electron chi connectivity index (χ1n) is 10.8. The molecule has 0 spiro atoms. The number of benzene rings is 2. The van der Waals surface area contributed by atoms with E-state index in [9.17, 15) is 29.6 Å². The van der Waals surface area contributed by atoms with Crippen molar-refractivity contribution in [1.82, 2.24) is 0 Å². The van der Waals surface area contributed by atoms with Crippen molar-refractivity contribution in [2.45, 2.75) is 45.1 Å². The number of hydrogen-bond donors (Lipinski definition) is 0. The van der Waals surface area contributed by atoms with Gasteiger partial charge in [0.15, 0.2) is 0 Å². The molecule has 0 saturated heterocycles. The molecule has 0 bridgehead atoms. The summed E-state index contributed by atoms with van der Waals surface area (Å²) in [7, 11) is -4.04. The molecule has 1 atom stereocenters. The van der Waals surface area contributed by atoms with E-state index in [0.717, 1.165) is 32.1 Å². The molecule has 2 aromatic rings. The van der Waals surface area contributed by atoms with E-state index in [-0.39, 0.29) is 35.1 Å². The summed E-state index contributed by atoms with van der Waals surface area (Å²) in [5, 5.41) is 21.8. The molecular formula is C22H25N2O9P. The second kappa shape index (κ2) is 11.1. The Morgan fingerprint density at radius 3 is 1.76 bits per heavy atom. The molecule has 3 rings (SSSR count). The smallest absolute Gasteiger partial charge is 0.431 e. The number of carbonyl (C=O) groups is 1. The summed E-state index contributed by atoms with van der Waals surface area (Å²) >= 11 is 0. The van der Waals surface area contributed by atoms with Crippen LogP contribution in [-0.2, 0) is 14.1 Å². The third kappa shape index (κ3) is 7.02. The Morgan fingerprint density at radius 1 is 0.912 bits per heavy atom. The van der Waals surface area contributed by atoms with E-state index in [1.54, 1.807) is 6.92 Å². The van der Waals surface area contributed by atoms with Crippen molar-refractivity contribution in [2.24, 2.45) is 5.92 Å². The highest BCUT2D eigenvalue weighted by Crippen LogP contribution is 2.50. The van der Waals surface area contributed by atoms with Crippen molar-refractivity contribution in [3.8, 4) is 11.5 Å². The van der Waals surface area contributed by atoms with E-state index in [0.29, 0.717) is 0 Å². The van der Waals surface area contributed by atoms with Gasteiger partial charge in [-0.15, -0.1) is 0 Å². The van der Waals surface area contributed by atoms with Crippen LogP contribution in [0, 0.1) is 26.1 Å². The van der Waals surface area contributed by atoms with Crippen molar-refractivity contribution >= 4 is 24.9 Å². The summed E-state index contributed by atoms with van der Waals surface area (Å²) in [5.41, 5.74) is -0.356. The van der Waals surface area contributed by atoms with E-state index in [1.807, 2.05) is 0 Å². The van der Waals surface area contributed by atoms with Crippen LogP contribution in [-0.4, -0.2) is 28.1 Å². The zero-order valence-electron chi connectivity index (χ0n) is 18.5. The molecule has 2 aromatic carbocycles. The van der Waals surface area contributed by atoms with Crippen LogP contribution in [0.25, 0.3) is 0 Å². The van der Waals surface area contributed by atoms with Gasteiger partial charge in [0.05, 0.1) is 21.9 Å². The number of rotatable bonds is 10. The number of esters is 1. The van der Waals surface area contributed by atoms with E-state index < -0.39 is 29.3 Å². The Balaban J connectivity index is 1.77. The van der Waals surface area contributed by atoms with E-state index in [4.69, 9.17) is 13.8 Å². The number of nitro benzene ring substituents is 2. The third-order valence-electron chi connectivity index (χ3n) is 5.32. The quantitative estimate of drug-likeness (QED) is 0.177. The van der Waals surface area contributed by atoms with Crippen LogP contribution < -0.4 is 9.05 Å². The maximum Gasteiger partial charge on any atom is 0.431 e. The standard InChI is InChI=1S/C22H25N2O9P/c1-16(22(25)31-19-5-3-2-4-6-19)15-34(30,32-20-11-7-17(8-12-20)23(26)27)33-21-13-9-18(10-14-21)24(28)29/h7-14,16,19H,2-6,15H2,1H3/t16-/m1/s1. The number of nitro groups is 2.